The van der Waals surface area contributed by atoms with Crippen molar-refractivity contribution in [3.8, 4) is 0 Å². The Hall–Kier alpha value is -1.99. The summed E-state index contributed by atoms with van der Waals surface area (Å²) in [5, 5.41) is 24.9. The van der Waals surface area contributed by atoms with E-state index in [4.69, 9.17) is 4.52 Å². The van der Waals surface area contributed by atoms with Crippen molar-refractivity contribution in [3.05, 3.63) is 23.0 Å². The second-order valence-corrected chi connectivity index (χ2v) is 7.05. The van der Waals surface area contributed by atoms with Gasteiger partial charge in [0, 0.05) is 24.2 Å². The number of carbonyl (C=O) groups excluding carboxylic acids is 1. The zero-order chi connectivity index (χ0) is 18.2. The van der Waals surface area contributed by atoms with Crippen LogP contribution in [0.2, 0.25) is 0 Å². The van der Waals surface area contributed by atoms with Gasteiger partial charge in [0.15, 0.2) is 0 Å². The van der Waals surface area contributed by atoms with Gasteiger partial charge in [-0.15, -0.1) is 0 Å². The second kappa shape index (κ2) is 6.72. The summed E-state index contributed by atoms with van der Waals surface area (Å²) < 4.78 is 5.20. The first kappa shape index (κ1) is 17.8. The lowest BCUT2D eigenvalue weighted by molar-refractivity contribution is -0.0713. The van der Waals surface area contributed by atoms with Crippen LogP contribution in [0, 0.1) is 19.3 Å². The molecule has 3 rings (SSSR count). The fourth-order valence-corrected chi connectivity index (χ4v) is 3.81. The Balaban J connectivity index is 1.89. The molecule has 1 amide bonds. The van der Waals surface area contributed by atoms with E-state index in [1.165, 1.54) is 0 Å². The number of likely N-dealkylation sites (tertiary alicyclic amines) is 1. The van der Waals surface area contributed by atoms with Gasteiger partial charge in [-0.25, -0.2) is 4.98 Å². The quantitative estimate of drug-likeness (QED) is 0.875. The molecule has 25 heavy (non-hydrogen) atoms. The molecule has 1 fully saturated rings. The van der Waals surface area contributed by atoms with Gasteiger partial charge in [-0.1, -0.05) is 18.5 Å². The van der Waals surface area contributed by atoms with Gasteiger partial charge in [-0.05, 0) is 32.8 Å². The van der Waals surface area contributed by atoms with Gasteiger partial charge in [-0.3, -0.25) is 4.79 Å². The van der Waals surface area contributed by atoms with Crippen molar-refractivity contribution >= 4 is 17.0 Å². The van der Waals surface area contributed by atoms with Crippen LogP contribution in [0.25, 0.3) is 11.1 Å². The van der Waals surface area contributed by atoms with Crippen molar-refractivity contribution in [2.24, 2.45) is 5.41 Å². The molecular weight excluding hydrogens is 322 g/mol. The van der Waals surface area contributed by atoms with Crippen LogP contribution in [0.1, 0.15) is 47.9 Å². The van der Waals surface area contributed by atoms with E-state index in [9.17, 15) is 15.0 Å². The maximum Gasteiger partial charge on any atom is 0.258 e. The first-order valence-corrected chi connectivity index (χ1v) is 8.73. The minimum atomic E-state index is -0.739. The molecule has 7 nitrogen and oxygen atoms in total. The number of aromatic nitrogens is 2. The molecule has 0 aliphatic carbocycles. The summed E-state index contributed by atoms with van der Waals surface area (Å²) in [7, 11) is 0. The molecule has 0 spiro atoms. The van der Waals surface area contributed by atoms with Crippen molar-refractivity contribution < 1.29 is 19.5 Å². The van der Waals surface area contributed by atoms with Crippen LogP contribution in [0.15, 0.2) is 10.6 Å². The number of hydrogen-bond acceptors (Lipinski definition) is 6. The van der Waals surface area contributed by atoms with Crippen molar-refractivity contribution in [3.63, 3.8) is 0 Å². The van der Waals surface area contributed by atoms with E-state index in [0.717, 1.165) is 12.8 Å². The number of aryl methyl sites for hydroxylation is 2. The summed E-state index contributed by atoms with van der Waals surface area (Å²) in [5.41, 5.74) is 1.65. The van der Waals surface area contributed by atoms with Crippen LogP contribution in [-0.4, -0.2) is 57.0 Å². The van der Waals surface area contributed by atoms with Crippen molar-refractivity contribution in [1.82, 2.24) is 15.0 Å². The van der Waals surface area contributed by atoms with E-state index >= 15 is 0 Å². The minimum absolute atomic E-state index is 0.0621. The van der Waals surface area contributed by atoms with Crippen LogP contribution < -0.4 is 0 Å². The van der Waals surface area contributed by atoms with Crippen molar-refractivity contribution in [2.75, 3.05) is 19.7 Å². The molecule has 1 aliphatic rings. The number of aliphatic hydroxyl groups is 2. The SMILES string of the molecule is CCC[C@]1(CO)CCN(C(=O)c2cc(C)nc3onc(C)c23)C[C@H]1O. The highest BCUT2D eigenvalue weighted by atomic mass is 16.5. The second-order valence-electron chi connectivity index (χ2n) is 7.05. The first-order chi connectivity index (χ1) is 11.9. The monoisotopic (exact) mass is 347 g/mol. The number of piperidine rings is 1. The highest BCUT2D eigenvalue weighted by molar-refractivity contribution is 6.06. The van der Waals surface area contributed by atoms with Gasteiger partial charge < -0.3 is 19.6 Å². The lowest BCUT2D eigenvalue weighted by Gasteiger charge is -2.44. The molecule has 7 heteroatoms. The Labute approximate surface area is 146 Å². The molecule has 1 aliphatic heterocycles. The molecule has 2 N–H and O–H groups in total. The Morgan fingerprint density at radius 3 is 2.88 bits per heavy atom. The molecule has 136 valence electrons. The maximum absolute atomic E-state index is 13.1. The highest BCUT2D eigenvalue weighted by Gasteiger charge is 2.42. The van der Waals surface area contributed by atoms with Crippen molar-refractivity contribution in [2.45, 2.75) is 46.1 Å². The molecule has 2 aromatic heterocycles. The summed E-state index contributed by atoms with van der Waals surface area (Å²) in [6.07, 6.45) is 1.48. The van der Waals surface area contributed by atoms with Crippen LogP contribution in [0.4, 0.5) is 0 Å². The lowest BCUT2D eigenvalue weighted by atomic mass is 9.73. The fourth-order valence-electron chi connectivity index (χ4n) is 3.81. The molecule has 2 aromatic rings. The lowest BCUT2D eigenvalue weighted by Crippen LogP contribution is -2.54. The molecule has 2 atom stereocenters. The third-order valence-corrected chi connectivity index (χ3v) is 5.31. The van der Waals surface area contributed by atoms with Crippen LogP contribution in [0.3, 0.4) is 0 Å². The van der Waals surface area contributed by atoms with Crippen LogP contribution in [-0.2, 0) is 0 Å². The number of aliphatic hydroxyl groups excluding tert-OH is 2. The normalized spacial score (nSPS) is 24.0. The van der Waals surface area contributed by atoms with E-state index in [0.29, 0.717) is 41.0 Å². The average molecular weight is 347 g/mol. The molecule has 3 heterocycles. The predicted octanol–water partition coefficient (Wildman–Crippen LogP) is 1.83. The Morgan fingerprint density at radius 1 is 1.48 bits per heavy atom. The van der Waals surface area contributed by atoms with Gasteiger partial charge in [0.25, 0.3) is 11.6 Å². The maximum atomic E-state index is 13.1. The Morgan fingerprint density at radius 2 is 2.24 bits per heavy atom. The molecule has 0 saturated carbocycles. The summed E-state index contributed by atoms with van der Waals surface area (Å²) in [6.45, 7) is 6.27. The predicted molar refractivity (Wildman–Crippen MR) is 92.2 cm³/mol. The Kier molecular flexibility index (Phi) is 4.79. The van der Waals surface area contributed by atoms with Gasteiger partial charge in [-0.2, -0.15) is 0 Å². The molecule has 0 unspecified atom stereocenters. The highest BCUT2D eigenvalue weighted by Crippen LogP contribution is 2.36. The topological polar surface area (TPSA) is 99.7 Å². The van der Waals surface area contributed by atoms with E-state index in [-0.39, 0.29) is 19.1 Å². The van der Waals surface area contributed by atoms with Gasteiger partial charge in [0.05, 0.1) is 29.4 Å². The third kappa shape index (κ3) is 3.02. The summed E-state index contributed by atoms with van der Waals surface area (Å²) in [4.78, 5) is 19.0. The summed E-state index contributed by atoms with van der Waals surface area (Å²) >= 11 is 0. The molecule has 0 radical (unpaired) electrons. The number of amides is 1. The summed E-state index contributed by atoms with van der Waals surface area (Å²) in [6, 6.07) is 1.74. The zero-order valence-corrected chi connectivity index (χ0v) is 14.9. The molecule has 0 aromatic carbocycles. The van der Waals surface area contributed by atoms with E-state index in [2.05, 4.69) is 10.1 Å². The van der Waals surface area contributed by atoms with E-state index in [1.54, 1.807) is 24.8 Å². The Bertz CT molecular complexity index is 788. The zero-order valence-electron chi connectivity index (χ0n) is 14.9. The average Bonchev–Trinajstić information content (AvgIpc) is 2.96. The number of rotatable bonds is 4. The van der Waals surface area contributed by atoms with Crippen molar-refractivity contribution in [1.29, 1.82) is 0 Å². The van der Waals surface area contributed by atoms with E-state index in [1.807, 2.05) is 6.92 Å². The van der Waals surface area contributed by atoms with E-state index < -0.39 is 11.5 Å². The van der Waals surface area contributed by atoms with Crippen LogP contribution in [0.5, 0.6) is 0 Å². The third-order valence-electron chi connectivity index (χ3n) is 5.31. The minimum Gasteiger partial charge on any atom is -0.396 e. The number of hydrogen-bond donors (Lipinski definition) is 2. The molecule has 0 bridgehead atoms. The summed E-state index contributed by atoms with van der Waals surface area (Å²) in [5.74, 6) is -0.163. The number of carbonyl (C=O) groups is 1. The van der Waals surface area contributed by atoms with Gasteiger partial charge >= 0.3 is 0 Å². The molecular formula is C18H25N3O4. The van der Waals surface area contributed by atoms with Gasteiger partial charge in [0.1, 0.15) is 0 Å². The largest absolute Gasteiger partial charge is 0.396 e. The number of fused-ring (bicyclic) bond motifs is 1. The number of β-amino-alcohol motifs (C(OH)–C–C–N with tert-alkyl or cyclic N) is 1. The fraction of sp³-hybridized carbons (Fsp3) is 0.611. The number of nitrogens with zero attached hydrogens (tertiary/aromatic N) is 3. The van der Waals surface area contributed by atoms with Gasteiger partial charge in [0.2, 0.25) is 0 Å². The standard InChI is InChI=1S/C18H25N3O4/c1-4-5-18(10-22)6-7-21(9-14(18)23)17(24)13-8-11(2)19-16-15(13)12(3)20-25-16/h8,14,22-23H,4-7,9-10H2,1-3H3/t14-,18-/m1/s1. The number of pyridine rings is 1. The van der Waals surface area contributed by atoms with Crippen LogP contribution >= 0.6 is 0 Å². The smallest absolute Gasteiger partial charge is 0.258 e. The molecule has 1 saturated heterocycles. The first-order valence-electron chi connectivity index (χ1n) is 8.73.